The molecule has 2 heterocycles. The molecule has 0 radical (unpaired) electrons. The van der Waals surface area contributed by atoms with E-state index in [9.17, 15) is 0 Å². The fourth-order valence-corrected chi connectivity index (χ4v) is 1.99. The van der Waals surface area contributed by atoms with Crippen LogP contribution in [0.4, 0.5) is 0 Å². The highest BCUT2D eigenvalue weighted by Gasteiger charge is 2.27. The molecule has 0 amide bonds. The number of likely N-dealkylation sites (tertiary alicyclic amines) is 1. The van der Waals surface area contributed by atoms with Gasteiger partial charge in [0.05, 0.1) is 6.04 Å². The molecular weight excluding hydrogens is 192 g/mol. The van der Waals surface area contributed by atoms with E-state index in [1.807, 2.05) is 0 Å². The lowest BCUT2D eigenvalue weighted by Gasteiger charge is -2.14. The highest BCUT2D eigenvalue weighted by molar-refractivity contribution is 4.96. The maximum Gasteiger partial charge on any atom is 0.243 e. The molecule has 1 aromatic rings. The van der Waals surface area contributed by atoms with E-state index in [-0.39, 0.29) is 0 Å². The Labute approximate surface area is 89.6 Å². The van der Waals surface area contributed by atoms with Gasteiger partial charge in [0, 0.05) is 6.42 Å². The number of nitrogens with zero attached hydrogens (tertiary/aromatic N) is 3. The Kier molecular flexibility index (Phi) is 3.33. The summed E-state index contributed by atoms with van der Waals surface area (Å²) < 4.78 is 5.27. The Morgan fingerprint density at radius 1 is 1.60 bits per heavy atom. The van der Waals surface area contributed by atoms with E-state index < -0.39 is 0 Å². The fraction of sp³-hybridized carbons (Fsp3) is 0.800. The van der Waals surface area contributed by atoms with Crippen molar-refractivity contribution in [1.82, 2.24) is 15.0 Å². The maximum atomic E-state index is 5.43. The van der Waals surface area contributed by atoms with E-state index in [0.717, 1.165) is 37.5 Å². The molecule has 0 bridgehead atoms. The average molecular weight is 210 g/mol. The van der Waals surface area contributed by atoms with Crippen molar-refractivity contribution in [3.05, 3.63) is 11.7 Å². The summed E-state index contributed by atoms with van der Waals surface area (Å²) in [5.74, 6) is 1.55. The van der Waals surface area contributed by atoms with Gasteiger partial charge in [-0.15, -0.1) is 0 Å². The van der Waals surface area contributed by atoms with Crippen LogP contribution >= 0.6 is 0 Å². The summed E-state index contributed by atoms with van der Waals surface area (Å²) in [4.78, 5) is 6.67. The molecule has 1 fully saturated rings. The van der Waals surface area contributed by atoms with Crippen LogP contribution in [-0.2, 0) is 6.42 Å². The van der Waals surface area contributed by atoms with Gasteiger partial charge in [-0.25, -0.2) is 0 Å². The van der Waals surface area contributed by atoms with Crippen LogP contribution in [-0.4, -0.2) is 35.2 Å². The Morgan fingerprint density at radius 3 is 3.13 bits per heavy atom. The van der Waals surface area contributed by atoms with Gasteiger partial charge in [0.25, 0.3) is 0 Å². The van der Waals surface area contributed by atoms with Crippen molar-refractivity contribution in [2.45, 2.75) is 31.7 Å². The van der Waals surface area contributed by atoms with E-state index in [1.54, 1.807) is 0 Å². The van der Waals surface area contributed by atoms with Gasteiger partial charge in [-0.05, 0) is 39.4 Å². The number of nitrogens with two attached hydrogens (primary N) is 1. The SMILES string of the molecule is CN1CCCC1c1nc(CCCN)no1. The monoisotopic (exact) mass is 210 g/mol. The number of rotatable bonds is 4. The molecule has 1 saturated heterocycles. The summed E-state index contributed by atoms with van der Waals surface area (Å²) in [6, 6.07) is 0.323. The summed E-state index contributed by atoms with van der Waals surface area (Å²) in [6.45, 7) is 1.79. The third kappa shape index (κ3) is 2.35. The average Bonchev–Trinajstić information content (AvgIpc) is 2.83. The molecule has 0 saturated carbocycles. The van der Waals surface area contributed by atoms with E-state index in [4.69, 9.17) is 10.3 Å². The summed E-state index contributed by atoms with van der Waals surface area (Å²) in [7, 11) is 2.10. The molecular formula is C10H18N4O. The Balaban J connectivity index is 1.99. The van der Waals surface area contributed by atoms with E-state index >= 15 is 0 Å². The van der Waals surface area contributed by atoms with Crippen LogP contribution in [0.5, 0.6) is 0 Å². The molecule has 5 heteroatoms. The summed E-state index contributed by atoms with van der Waals surface area (Å²) in [6.07, 6.45) is 4.06. The molecule has 1 aromatic heterocycles. The number of hydrogen-bond acceptors (Lipinski definition) is 5. The first-order chi connectivity index (χ1) is 7.31. The summed E-state index contributed by atoms with van der Waals surface area (Å²) in [5.41, 5.74) is 5.43. The third-order valence-corrected chi connectivity index (χ3v) is 2.89. The summed E-state index contributed by atoms with van der Waals surface area (Å²) in [5, 5.41) is 3.96. The predicted octanol–water partition coefficient (Wildman–Crippen LogP) is 0.728. The minimum absolute atomic E-state index is 0.323. The van der Waals surface area contributed by atoms with Gasteiger partial charge in [-0.1, -0.05) is 5.16 Å². The number of aromatic nitrogens is 2. The minimum atomic E-state index is 0.323. The number of hydrogen-bond donors (Lipinski definition) is 1. The first-order valence-electron chi connectivity index (χ1n) is 5.54. The standard InChI is InChI=1S/C10H18N4O/c1-14-7-3-4-8(14)10-12-9(13-15-10)5-2-6-11/h8H,2-7,11H2,1H3. The van der Waals surface area contributed by atoms with Crippen molar-refractivity contribution < 1.29 is 4.52 Å². The van der Waals surface area contributed by atoms with Crippen molar-refractivity contribution in [2.75, 3.05) is 20.1 Å². The highest BCUT2D eigenvalue weighted by atomic mass is 16.5. The highest BCUT2D eigenvalue weighted by Crippen LogP contribution is 2.28. The van der Waals surface area contributed by atoms with Gasteiger partial charge in [-0.3, -0.25) is 4.90 Å². The first kappa shape index (κ1) is 10.6. The lowest BCUT2D eigenvalue weighted by atomic mass is 10.2. The fourth-order valence-electron chi connectivity index (χ4n) is 1.99. The largest absolute Gasteiger partial charge is 0.338 e. The van der Waals surface area contributed by atoms with Crippen molar-refractivity contribution in [3.8, 4) is 0 Å². The zero-order valence-electron chi connectivity index (χ0n) is 9.15. The molecule has 1 aliphatic rings. The minimum Gasteiger partial charge on any atom is -0.338 e. The molecule has 0 spiro atoms. The van der Waals surface area contributed by atoms with E-state index in [2.05, 4.69) is 22.1 Å². The van der Waals surface area contributed by atoms with Crippen LogP contribution in [0.2, 0.25) is 0 Å². The Hall–Kier alpha value is -0.940. The second-order valence-electron chi connectivity index (χ2n) is 4.08. The van der Waals surface area contributed by atoms with Crippen molar-refractivity contribution >= 4 is 0 Å². The van der Waals surface area contributed by atoms with Gasteiger partial charge >= 0.3 is 0 Å². The molecule has 15 heavy (non-hydrogen) atoms. The smallest absolute Gasteiger partial charge is 0.243 e. The molecule has 5 nitrogen and oxygen atoms in total. The van der Waals surface area contributed by atoms with Crippen LogP contribution in [0.3, 0.4) is 0 Å². The molecule has 2 N–H and O–H groups in total. The van der Waals surface area contributed by atoms with Gasteiger partial charge < -0.3 is 10.3 Å². The zero-order chi connectivity index (χ0) is 10.7. The zero-order valence-corrected chi connectivity index (χ0v) is 9.15. The quantitative estimate of drug-likeness (QED) is 0.793. The predicted molar refractivity (Wildman–Crippen MR) is 56.3 cm³/mol. The van der Waals surface area contributed by atoms with Crippen LogP contribution in [0, 0.1) is 0 Å². The van der Waals surface area contributed by atoms with Crippen molar-refractivity contribution in [3.63, 3.8) is 0 Å². The maximum absolute atomic E-state index is 5.43. The Morgan fingerprint density at radius 2 is 2.47 bits per heavy atom. The van der Waals surface area contributed by atoms with E-state index in [0.29, 0.717) is 12.6 Å². The van der Waals surface area contributed by atoms with Crippen LogP contribution in [0.25, 0.3) is 0 Å². The lowest BCUT2D eigenvalue weighted by Crippen LogP contribution is -2.17. The normalized spacial score (nSPS) is 22.4. The van der Waals surface area contributed by atoms with Gasteiger partial charge in [0.1, 0.15) is 0 Å². The Bertz CT molecular complexity index is 312. The van der Waals surface area contributed by atoms with Crippen LogP contribution in [0.1, 0.15) is 37.0 Å². The van der Waals surface area contributed by atoms with Crippen LogP contribution < -0.4 is 5.73 Å². The molecule has 1 atom stereocenters. The van der Waals surface area contributed by atoms with Gasteiger partial charge in [-0.2, -0.15) is 4.98 Å². The molecule has 0 aromatic carbocycles. The first-order valence-corrected chi connectivity index (χ1v) is 5.54. The van der Waals surface area contributed by atoms with Crippen molar-refractivity contribution in [2.24, 2.45) is 5.73 Å². The number of aryl methyl sites for hydroxylation is 1. The molecule has 2 rings (SSSR count). The van der Waals surface area contributed by atoms with Gasteiger partial charge in [0.15, 0.2) is 5.82 Å². The molecule has 0 aliphatic carbocycles. The van der Waals surface area contributed by atoms with Crippen LogP contribution in [0.15, 0.2) is 4.52 Å². The molecule has 1 aliphatic heterocycles. The molecule has 84 valence electrons. The lowest BCUT2D eigenvalue weighted by molar-refractivity contribution is 0.244. The second kappa shape index (κ2) is 4.72. The van der Waals surface area contributed by atoms with Gasteiger partial charge in [0.2, 0.25) is 5.89 Å². The summed E-state index contributed by atoms with van der Waals surface area (Å²) >= 11 is 0. The van der Waals surface area contributed by atoms with Crippen molar-refractivity contribution in [1.29, 1.82) is 0 Å². The topological polar surface area (TPSA) is 68.2 Å². The molecule has 1 unspecified atom stereocenters. The third-order valence-electron chi connectivity index (χ3n) is 2.89. The van der Waals surface area contributed by atoms with E-state index in [1.165, 1.54) is 6.42 Å². The second-order valence-corrected chi connectivity index (χ2v) is 4.08.